The van der Waals surface area contributed by atoms with Gasteiger partial charge in [-0.1, -0.05) is 0 Å². The van der Waals surface area contributed by atoms with Gasteiger partial charge in [0.1, 0.15) is 0 Å². The van der Waals surface area contributed by atoms with Crippen LogP contribution in [-0.4, -0.2) is 55.0 Å². The monoisotopic (exact) mass is 359 g/mol. The average molecular weight is 359 g/mol. The first-order valence-electron chi connectivity index (χ1n) is 8.73. The van der Waals surface area contributed by atoms with Gasteiger partial charge >= 0.3 is 0 Å². The largest absolute Gasteiger partial charge is 0.493 e. The third kappa shape index (κ3) is 3.76. The Morgan fingerprint density at radius 2 is 1.77 bits per heavy atom. The lowest BCUT2D eigenvalue weighted by atomic mass is 9.96. The van der Waals surface area contributed by atoms with E-state index in [9.17, 15) is 4.79 Å². The molecule has 26 heavy (non-hydrogen) atoms. The first kappa shape index (κ1) is 18.1. The van der Waals surface area contributed by atoms with Crippen molar-refractivity contribution in [1.29, 1.82) is 0 Å². The minimum Gasteiger partial charge on any atom is -0.493 e. The number of amides is 1. The molecule has 2 aromatic rings. The van der Waals surface area contributed by atoms with Gasteiger partial charge in [-0.25, -0.2) is 0 Å². The van der Waals surface area contributed by atoms with E-state index in [0.717, 1.165) is 32.5 Å². The molecule has 1 aromatic heterocycles. The maximum Gasteiger partial charge on any atom is 0.254 e. The van der Waals surface area contributed by atoms with E-state index in [0.29, 0.717) is 28.7 Å². The molecule has 0 aliphatic carbocycles. The second-order valence-corrected chi connectivity index (χ2v) is 6.38. The maximum atomic E-state index is 12.9. The van der Waals surface area contributed by atoms with Crippen molar-refractivity contribution in [2.24, 2.45) is 5.92 Å². The lowest BCUT2D eigenvalue weighted by molar-refractivity contribution is 0.0680. The minimum absolute atomic E-state index is 0.0122. The molecule has 0 saturated carbocycles. The number of carbonyl (C=O) groups excluding carboxylic acids is 1. The highest BCUT2D eigenvalue weighted by Crippen LogP contribution is 2.38. The van der Waals surface area contributed by atoms with E-state index >= 15 is 0 Å². The van der Waals surface area contributed by atoms with Crippen LogP contribution in [0.25, 0.3) is 0 Å². The van der Waals surface area contributed by atoms with Gasteiger partial charge in [-0.15, -0.1) is 0 Å². The molecule has 1 fully saturated rings. The van der Waals surface area contributed by atoms with E-state index in [2.05, 4.69) is 5.10 Å². The van der Waals surface area contributed by atoms with Gasteiger partial charge in [-0.3, -0.25) is 9.48 Å². The van der Waals surface area contributed by atoms with Crippen LogP contribution in [-0.2, 0) is 6.54 Å². The molecule has 7 nitrogen and oxygen atoms in total. The van der Waals surface area contributed by atoms with Crippen molar-refractivity contribution in [3.8, 4) is 17.2 Å². The molecule has 0 radical (unpaired) electrons. The van der Waals surface area contributed by atoms with Gasteiger partial charge in [0.25, 0.3) is 5.91 Å². The van der Waals surface area contributed by atoms with Gasteiger partial charge in [0, 0.05) is 37.6 Å². The summed E-state index contributed by atoms with van der Waals surface area (Å²) < 4.78 is 18.0. The van der Waals surface area contributed by atoms with Crippen LogP contribution in [0.3, 0.4) is 0 Å². The van der Waals surface area contributed by atoms with Crippen molar-refractivity contribution in [2.45, 2.75) is 19.4 Å². The Morgan fingerprint density at radius 1 is 1.12 bits per heavy atom. The van der Waals surface area contributed by atoms with Gasteiger partial charge in [0.15, 0.2) is 11.5 Å². The standard InChI is InChI=1S/C19H25N3O4/c1-24-16-11-15(12-17(25-2)18(16)26-3)19(23)21-9-5-14(6-10-21)13-22-8-4-7-20-22/h4,7-8,11-12,14H,5-6,9-10,13H2,1-3H3. The zero-order chi connectivity index (χ0) is 18.5. The third-order valence-electron chi connectivity index (χ3n) is 4.82. The molecule has 0 atom stereocenters. The number of methoxy groups -OCH3 is 3. The number of nitrogens with zero attached hydrogens (tertiary/aromatic N) is 3. The highest BCUT2D eigenvalue weighted by atomic mass is 16.5. The predicted molar refractivity (Wildman–Crippen MR) is 97.0 cm³/mol. The number of carbonyl (C=O) groups is 1. The first-order valence-corrected chi connectivity index (χ1v) is 8.73. The van der Waals surface area contributed by atoms with Crippen molar-refractivity contribution in [2.75, 3.05) is 34.4 Å². The zero-order valence-electron chi connectivity index (χ0n) is 15.5. The summed E-state index contributed by atoms with van der Waals surface area (Å²) in [4.78, 5) is 14.8. The quantitative estimate of drug-likeness (QED) is 0.793. The van der Waals surface area contributed by atoms with Crippen LogP contribution in [0, 0.1) is 5.92 Å². The number of rotatable bonds is 6. The molecule has 0 unspecified atom stereocenters. The minimum atomic E-state index is -0.0122. The van der Waals surface area contributed by atoms with Crippen LogP contribution < -0.4 is 14.2 Å². The predicted octanol–water partition coefficient (Wildman–Crippen LogP) is 2.46. The number of piperidine rings is 1. The Balaban J connectivity index is 1.68. The Bertz CT molecular complexity index is 712. The highest BCUT2D eigenvalue weighted by molar-refractivity contribution is 5.95. The molecule has 1 amide bonds. The summed E-state index contributed by atoms with van der Waals surface area (Å²) in [7, 11) is 4.64. The molecule has 1 saturated heterocycles. The van der Waals surface area contributed by atoms with Crippen molar-refractivity contribution < 1.29 is 19.0 Å². The summed E-state index contributed by atoms with van der Waals surface area (Å²) >= 11 is 0. The van der Waals surface area contributed by atoms with Gasteiger partial charge < -0.3 is 19.1 Å². The molecule has 0 N–H and O–H groups in total. The second kappa shape index (κ2) is 8.12. The van der Waals surface area contributed by atoms with Crippen LogP contribution in [0.5, 0.6) is 17.2 Å². The summed E-state index contributed by atoms with van der Waals surface area (Å²) in [5.74, 6) is 2.00. The van der Waals surface area contributed by atoms with Crippen molar-refractivity contribution in [3.05, 3.63) is 36.2 Å². The number of hydrogen-bond acceptors (Lipinski definition) is 5. The van der Waals surface area contributed by atoms with Crippen LogP contribution in [0.2, 0.25) is 0 Å². The topological polar surface area (TPSA) is 65.8 Å². The van der Waals surface area contributed by atoms with Crippen molar-refractivity contribution in [1.82, 2.24) is 14.7 Å². The lowest BCUT2D eigenvalue weighted by Gasteiger charge is -2.32. The number of ether oxygens (including phenoxy) is 3. The molecule has 2 heterocycles. The molecule has 7 heteroatoms. The first-order chi connectivity index (χ1) is 12.7. The number of likely N-dealkylation sites (tertiary alicyclic amines) is 1. The number of benzene rings is 1. The lowest BCUT2D eigenvalue weighted by Crippen LogP contribution is -2.39. The van der Waals surface area contributed by atoms with E-state index in [4.69, 9.17) is 14.2 Å². The van der Waals surface area contributed by atoms with Crippen molar-refractivity contribution >= 4 is 5.91 Å². The van der Waals surface area contributed by atoms with Crippen LogP contribution in [0.1, 0.15) is 23.2 Å². The molecule has 3 rings (SSSR count). The van der Waals surface area contributed by atoms with E-state index < -0.39 is 0 Å². The summed E-state index contributed by atoms with van der Waals surface area (Å²) in [5, 5.41) is 4.26. The number of hydrogen-bond donors (Lipinski definition) is 0. The van der Waals surface area contributed by atoms with E-state index in [-0.39, 0.29) is 5.91 Å². The SMILES string of the molecule is COc1cc(C(=O)N2CCC(Cn3cccn3)CC2)cc(OC)c1OC. The van der Waals surface area contributed by atoms with E-state index in [1.54, 1.807) is 39.7 Å². The fourth-order valence-corrected chi connectivity index (χ4v) is 3.38. The molecule has 0 bridgehead atoms. The fourth-order valence-electron chi connectivity index (χ4n) is 3.38. The van der Waals surface area contributed by atoms with Crippen molar-refractivity contribution in [3.63, 3.8) is 0 Å². The summed E-state index contributed by atoms with van der Waals surface area (Å²) in [6.07, 6.45) is 5.71. The Morgan fingerprint density at radius 3 is 2.27 bits per heavy atom. The molecule has 1 aromatic carbocycles. The Labute approximate surface area is 153 Å². The summed E-state index contributed by atoms with van der Waals surface area (Å²) in [5.41, 5.74) is 0.546. The highest BCUT2D eigenvalue weighted by Gasteiger charge is 2.26. The van der Waals surface area contributed by atoms with E-state index in [1.807, 2.05) is 21.8 Å². The molecule has 140 valence electrons. The zero-order valence-corrected chi connectivity index (χ0v) is 15.5. The third-order valence-corrected chi connectivity index (χ3v) is 4.82. The molecule has 1 aliphatic rings. The fraction of sp³-hybridized carbons (Fsp3) is 0.474. The smallest absolute Gasteiger partial charge is 0.254 e. The normalized spacial score (nSPS) is 15.0. The Kier molecular flexibility index (Phi) is 5.65. The Hall–Kier alpha value is -2.70. The maximum absolute atomic E-state index is 12.9. The summed E-state index contributed by atoms with van der Waals surface area (Å²) in [6, 6.07) is 5.35. The van der Waals surface area contributed by atoms with Gasteiger partial charge in [0.2, 0.25) is 5.75 Å². The number of aromatic nitrogens is 2. The van der Waals surface area contributed by atoms with Gasteiger partial charge in [-0.05, 0) is 37.0 Å². The van der Waals surface area contributed by atoms with Gasteiger partial charge in [0.05, 0.1) is 21.3 Å². The van der Waals surface area contributed by atoms with E-state index in [1.165, 1.54) is 0 Å². The van der Waals surface area contributed by atoms with Crippen LogP contribution >= 0.6 is 0 Å². The van der Waals surface area contributed by atoms with Crippen LogP contribution in [0.15, 0.2) is 30.6 Å². The summed E-state index contributed by atoms with van der Waals surface area (Å²) in [6.45, 7) is 2.38. The molecule has 1 aliphatic heterocycles. The molecular weight excluding hydrogens is 334 g/mol. The van der Waals surface area contributed by atoms with Crippen LogP contribution in [0.4, 0.5) is 0 Å². The molecule has 0 spiro atoms. The van der Waals surface area contributed by atoms with Gasteiger partial charge in [-0.2, -0.15) is 5.10 Å². The molecular formula is C19H25N3O4. The average Bonchev–Trinajstić information content (AvgIpc) is 3.19. The second-order valence-electron chi connectivity index (χ2n) is 6.38.